The minimum absolute atomic E-state index is 0.266. The largest absolute Gasteiger partial charge is 0.384 e. The Morgan fingerprint density at radius 2 is 1.96 bits per heavy atom. The molecule has 0 saturated carbocycles. The van der Waals surface area contributed by atoms with E-state index in [0.29, 0.717) is 17.4 Å². The summed E-state index contributed by atoms with van der Waals surface area (Å²) in [7, 11) is 0. The minimum atomic E-state index is -0.266. The molecule has 7 heteroatoms. The van der Waals surface area contributed by atoms with Gasteiger partial charge in [0.15, 0.2) is 0 Å². The second-order valence-electron chi connectivity index (χ2n) is 6.19. The van der Waals surface area contributed by atoms with Crippen molar-refractivity contribution >= 4 is 23.6 Å². The van der Waals surface area contributed by atoms with Gasteiger partial charge in [-0.15, -0.1) is 0 Å². The van der Waals surface area contributed by atoms with Crippen LogP contribution in [0.3, 0.4) is 0 Å². The summed E-state index contributed by atoms with van der Waals surface area (Å²) in [6, 6.07) is 10.9. The highest BCUT2D eigenvalue weighted by Crippen LogP contribution is 2.18. The van der Waals surface area contributed by atoms with Gasteiger partial charge in [-0.2, -0.15) is 14.9 Å². The number of nitrogen functional groups attached to an aromatic ring is 1. The van der Waals surface area contributed by atoms with E-state index < -0.39 is 0 Å². The van der Waals surface area contributed by atoms with Crippen LogP contribution in [0.25, 0.3) is 0 Å². The quantitative estimate of drug-likeness (QED) is 0.717. The molecular weight excluding hydrogens is 350 g/mol. The van der Waals surface area contributed by atoms with Crippen LogP contribution in [0.15, 0.2) is 46.3 Å². The summed E-state index contributed by atoms with van der Waals surface area (Å²) in [6.45, 7) is 6.24. The smallest absolute Gasteiger partial charge is 0.273 e. The van der Waals surface area contributed by atoms with Crippen molar-refractivity contribution in [2.45, 2.75) is 27.3 Å². The molecule has 3 aromatic rings. The van der Waals surface area contributed by atoms with Gasteiger partial charge in [0.1, 0.15) is 5.82 Å². The van der Waals surface area contributed by atoms with Gasteiger partial charge in [0.05, 0.1) is 18.5 Å². The van der Waals surface area contributed by atoms with Gasteiger partial charge in [0.2, 0.25) is 0 Å². The highest BCUT2D eigenvalue weighted by molar-refractivity contribution is 6.31. The van der Waals surface area contributed by atoms with E-state index in [-0.39, 0.29) is 5.56 Å². The molecule has 2 aromatic heterocycles. The van der Waals surface area contributed by atoms with Gasteiger partial charge in [0.25, 0.3) is 5.56 Å². The summed E-state index contributed by atoms with van der Waals surface area (Å²) < 4.78 is 3.05. The fraction of sp³-hybridized carbons (Fsp3) is 0.211. The Kier molecular flexibility index (Phi) is 4.95. The summed E-state index contributed by atoms with van der Waals surface area (Å²) in [4.78, 5) is 12.1. The molecule has 0 aliphatic heterocycles. The molecule has 26 heavy (non-hydrogen) atoms. The second kappa shape index (κ2) is 7.17. The van der Waals surface area contributed by atoms with Gasteiger partial charge < -0.3 is 5.73 Å². The number of halogens is 1. The Labute approximate surface area is 156 Å². The third kappa shape index (κ3) is 3.55. The number of nitrogens with zero attached hydrogens (tertiary/aromatic N) is 4. The first-order valence-electron chi connectivity index (χ1n) is 8.17. The summed E-state index contributed by atoms with van der Waals surface area (Å²) in [5.74, 6) is 0.296. The van der Waals surface area contributed by atoms with Crippen LogP contribution < -0.4 is 11.3 Å². The molecule has 6 nitrogen and oxygen atoms in total. The molecule has 3 rings (SSSR count). The summed E-state index contributed by atoms with van der Waals surface area (Å²) in [6.07, 6.45) is 1.62. The fourth-order valence-electron chi connectivity index (χ4n) is 2.80. The van der Waals surface area contributed by atoms with Gasteiger partial charge in [-0.1, -0.05) is 29.8 Å². The highest BCUT2D eigenvalue weighted by atomic mass is 35.5. The highest BCUT2D eigenvalue weighted by Gasteiger charge is 2.11. The summed E-state index contributed by atoms with van der Waals surface area (Å²) in [5, 5.41) is 9.52. The van der Waals surface area contributed by atoms with Crippen LogP contribution in [0, 0.1) is 20.8 Å². The Balaban J connectivity index is 1.94. The topological polar surface area (TPSA) is 78.2 Å². The lowest BCUT2D eigenvalue weighted by atomic mass is 10.2. The number of benzene rings is 1. The average Bonchev–Trinajstić information content (AvgIpc) is 2.83. The minimum Gasteiger partial charge on any atom is -0.384 e. The number of hydrogen-bond donors (Lipinski definition) is 1. The van der Waals surface area contributed by atoms with Gasteiger partial charge in [-0.05, 0) is 44.0 Å². The molecule has 0 atom stereocenters. The zero-order valence-electron chi connectivity index (χ0n) is 14.9. The third-order valence-electron chi connectivity index (χ3n) is 4.20. The van der Waals surface area contributed by atoms with Gasteiger partial charge in [-0.25, -0.2) is 0 Å². The monoisotopic (exact) mass is 369 g/mol. The Morgan fingerprint density at radius 1 is 1.23 bits per heavy atom. The maximum absolute atomic E-state index is 12.1. The lowest BCUT2D eigenvalue weighted by molar-refractivity contribution is 0.659. The van der Waals surface area contributed by atoms with Crippen LogP contribution in [0.2, 0.25) is 5.02 Å². The standard InChI is InChI=1S/C19H20ClN5O/c1-12-8-18(21)25(19(26)9-12)22-10-16-13(2)23-24(14(16)3)11-15-6-4-5-7-17(15)20/h4-10H,11,21H2,1-3H3. The SMILES string of the molecule is Cc1cc(N)n(N=Cc2c(C)nn(Cc3ccccc3Cl)c2C)c(=O)c1. The first-order valence-corrected chi connectivity index (χ1v) is 8.55. The molecule has 0 unspecified atom stereocenters. The van der Waals surface area contributed by atoms with Crippen molar-refractivity contribution in [2.24, 2.45) is 5.10 Å². The second-order valence-corrected chi connectivity index (χ2v) is 6.59. The van der Waals surface area contributed by atoms with Gasteiger partial charge >= 0.3 is 0 Å². The van der Waals surface area contributed by atoms with Crippen molar-refractivity contribution in [3.05, 3.63) is 79.9 Å². The molecule has 0 spiro atoms. The van der Waals surface area contributed by atoms with Crippen molar-refractivity contribution in [2.75, 3.05) is 5.73 Å². The Bertz CT molecular complexity index is 1050. The molecule has 134 valence electrons. The number of pyridine rings is 1. The molecule has 2 N–H and O–H groups in total. The normalized spacial score (nSPS) is 11.4. The van der Waals surface area contributed by atoms with Gasteiger partial charge in [-0.3, -0.25) is 9.48 Å². The van der Waals surface area contributed by atoms with E-state index in [1.165, 1.54) is 10.7 Å². The van der Waals surface area contributed by atoms with Crippen molar-refractivity contribution in [3.63, 3.8) is 0 Å². The molecule has 0 aliphatic rings. The zero-order chi connectivity index (χ0) is 18.8. The van der Waals surface area contributed by atoms with E-state index in [1.807, 2.05) is 49.7 Å². The van der Waals surface area contributed by atoms with E-state index in [9.17, 15) is 4.79 Å². The number of rotatable bonds is 4. The number of aromatic nitrogens is 3. The van der Waals surface area contributed by atoms with Crippen molar-refractivity contribution in [1.29, 1.82) is 0 Å². The maximum Gasteiger partial charge on any atom is 0.273 e. The van der Waals surface area contributed by atoms with Crippen molar-refractivity contribution in [3.8, 4) is 0 Å². The molecule has 0 radical (unpaired) electrons. The first-order chi connectivity index (χ1) is 12.4. The zero-order valence-corrected chi connectivity index (χ0v) is 15.7. The third-order valence-corrected chi connectivity index (χ3v) is 4.57. The molecule has 0 saturated heterocycles. The fourth-order valence-corrected chi connectivity index (χ4v) is 2.99. The number of hydrogen-bond acceptors (Lipinski definition) is 4. The predicted molar refractivity (Wildman–Crippen MR) is 105 cm³/mol. The lowest BCUT2D eigenvalue weighted by Crippen LogP contribution is -2.19. The van der Waals surface area contributed by atoms with Crippen molar-refractivity contribution < 1.29 is 0 Å². The summed E-state index contributed by atoms with van der Waals surface area (Å²) in [5.41, 5.74) is 10.0. The van der Waals surface area contributed by atoms with E-state index in [1.54, 1.807) is 12.3 Å². The molecule has 0 bridgehead atoms. The number of nitrogens with two attached hydrogens (primary N) is 1. The van der Waals surface area contributed by atoms with Crippen LogP contribution in [-0.2, 0) is 6.54 Å². The number of aryl methyl sites for hydroxylation is 2. The Morgan fingerprint density at radius 3 is 2.65 bits per heavy atom. The molecule has 0 amide bonds. The van der Waals surface area contributed by atoms with Crippen molar-refractivity contribution in [1.82, 2.24) is 14.5 Å². The molecule has 2 heterocycles. The molecule has 0 aliphatic carbocycles. The molecule has 0 fully saturated rings. The molecule has 1 aromatic carbocycles. The lowest BCUT2D eigenvalue weighted by Gasteiger charge is -2.07. The van der Waals surface area contributed by atoms with E-state index in [0.717, 1.165) is 28.1 Å². The molecular formula is C19H20ClN5O. The maximum atomic E-state index is 12.1. The van der Waals surface area contributed by atoms with Crippen LogP contribution in [0.5, 0.6) is 0 Å². The van der Waals surface area contributed by atoms with Crippen LogP contribution in [0.1, 0.15) is 28.1 Å². The number of anilines is 1. The average molecular weight is 370 g/mol. The van der Waals surface area contributed by atoms with E-state index in [4.69, 9.17) is 17.3 Å². The Hall–Kier alpha value is -2.86. The van der Waals surface area contributed by atoms with Gasteiger partial charge in [0, 0.05) is 22.3 Å². The van der Waals surface area contributed by atoms with Crippen LogP contribution in [0.4, 0.5) is 5.82 Å². The summed E-state index contributed by atoms with van der Waals surface area (Å²) >= 11 is 6.24. The predicted octanol–water partition coefficient (Wildman–Crippen LogP) is 3.14. The van der Waals surface area contributed by atoms with Crippen LogP contribution in [-0.4, -0.2) is 20.7 Å². The van der Waals surface area contributed by atoms with Crippen LogP contribution >= 0.6 is 11.6 Å². The van der Waals surface area contributed by atoms with E-state index in [2.05, 4.69) is 10.2 Å². The van der Waals surface area contributed by atoms with E-state index >= 15 is 0 Å². The first kappa shape index (κ1) is 17.9.